The number of halogens is 2. The zero-order valence-electron chi connectivity index (χ0n) is 11.6. The van der Waals surface area contributed by atoms with Crippen molar-refractivity contribution in [2.24, 2.45) is 0 Å². The predicted octanol–water partition coefficient (Wildman–Crippen LogP) is 4.07. The van der Waals surface area contributed by atoms with E-state index < -0.39 is 0 Å². The van der Waals surface area contributed by atoms with E-state index in [-0.39, 0.29) is 27.4 Å². The number of hydrogen-bond acceptors (Lipinski definition) is 3. The SMILES string of the molecule is CCN(C(=O)c1cc(Cl)ncc1Cl)c1cc(O)ccc1C. The lowest BCUT2D eigenvalue weighted by atomic mass is 10.1. The highest BCUT2D eigenvalue weighted by molar-refractivity contribution is 6.35. The Morgan fingerprint density at radius 1 is 1.33 bits per heavy atom. The molecule has 0 aliphatic rings. The molecule has 1 aromatic carbocycles. The zero-order chi connectivity index (χ0) is 15.6. The quantitative estimate of drug-likeness (QED) is 0.866. The van der Waals surface area contributed by atoms with E-state index in [1.807, 2.05) is 13.8 Å². The molecule has 2 aromatic rings. The largest absolute Gasteiger partial charge is 0.508 e. The molecule has 1 heterocycles. The normalized spacial score (nSPS) is 10.5. The van der Waals surface area contributed by atoms with Gasteiger partial charge in [0.2, 0.25) is 0 Å². The van der Waals surface area contributed by atoms with Crippen LogP contribution in [0.5, 0.6) is 5.75 Å². The van der Waals surface area contributed by atoms with Crippen molar-refractivity contribution < 1.29 is 9.90 Å². The molecule has 0 saturated heterocycles. The van der Waals surface area contributed by atoms with Crippen molar-refractivity contribution in [1.82, 2.24) is 4.98 Å². The minimum Gasteiger partial charge on any atom is -0.508 e. The Hall–Kier alpha value is -1.78. The third kappa shape index (κ3) is 3.28. The number of aromatic nitrogens is 1. The number of phenolic OH excluding ortho intramolecular Hbond substituents is 1. The summed E-state index contributed by atoms with van der Waals surface area (Å²) in [5.41, 5.74) is 1.78. The van der Waals surface area contributed by atoms with Gasteiger partial charge in [0, 0.05) is 18.8 Å². The second-order valence-electron chi connectivity index (χ2n) is 4.51. The second-order valence-corrected chi connectivity index (χ2v) is 5.30. The van der Waals surface area contributed by atoms with Gasteiger partial charge < -0.3 is 10.0 Å². The summed E-state index contributed by atoms with van der Waals surface area (Å²) in [4.78, 5) is 18.1. The number of phenols is 1. The van der Waals surface area contributed by atoms with Crippen LogP contribution in [0.4, 0.5) is 5.69 Å². The second kappa shape index (κ2) is 6.33. The minimum absolute atomic E-state index is 0.0979. The van der Waals surface area contributed by atoms with Gasteiger partial charge in [0.15, 0.2) is 0 Å². The average Bonchev–Trinajstić information content (AvgIpc) is 2.46. The molecule has 21 heavy (non-hydrogen) atoms. The van der Waals surface area contributed by atoms with Crippen LogP contribution in [0.3, 0.4) is 0 Å². The van der Waals surface area contributed by atoms with Crippen molar-refractivity contribution in [3.63, 3.8) is 0 Å². The van der Waals surface area contributed by atoms with Gasteiger partial charge in [-0.2, -0.15) is 0 Å². The molecule has 0 radical (unpaired) electrons. The van der Waals surface area contributed by atoms with Crippen LogP contribution in [-0.2, 0) is 0 Å². The van der Waals surface area contributed by atoms with Crippen molar-refractivity contribution in [1.29, 1.82) is 0 Å². The van der Waals surface area contributed by atoms with Gasteiger partial charge in [-0.05, 0) is 31.5 Å². The van der Waals surface area contributed by atoms with Crippen LogP contribution in [0.2, 0.25) is 10.2 Å². The number of hydrogen-bond donors (Lipinski definition) is 1. The summed E-state index contributed by atoms with van der Waals surface area (Å²) in [6.45, 7) is 4.14. The van der Waals surface area contributed by atoms with Crippen LogP contribution in [-0.4, -0.2) is 22.5 Å². The molecule has 0 bridgehead atoms. The number of nitrogens with zero attached hydrogens (tertiary/aromatic N) is 2. The van der Waals surface area contributed by atoms with Gasteiger partial charge in [-0.25, -0.2) is 4.98 Å². The lowest BCUT2D eigenvalue weighted by Crippen LogP contribution is -2.31. The number of aryl methyl sites for hydroxylation is 1. The molecule has 0 unspecified atom stereocenters. The maximum atomic E-state index is 12.7. The Balaban J connectivity index is 2.48. The molecule has 1 aromatic heterocycles. The van der Waals surface area contributed by atoms with Crippen LogP contribution in [0.1, 0.15) is 22.8 Å². The van der Waals surface area contributed by atoms with E-state index in [0.29, 0.717) is 12.2 Å². The molecular weight excluding hydrogens is 311 g/mol. The first-order chi connectivity index (χ1) is 9.93. The van der Waals surface area contributed by atoms with E-state index in [1.54, 1.807) is 18.2 Å². The van der Waals surface area contributed by atoms with Gasteiger partial charge in [0.25, 0.3) is 5.91 Å². The molecule has 1 N–H and O–H groups in total. The topological polar surface area (TPSA) is 53.4 Å². The average molecular weight is 325 g/mol. The highest BCUT2D eigenvalue weighted by Crippen LogP contribution is 2.28. The summed E-state index contributed by atoms with van der Waals surface area (Å²) in [7, 11) is 0. The first-order valence-electron chi connectivity index (χ1n) is 6.36. The fourth-order valence-corrected chi connectivity index (χ4v) is 2.38. The molecule has 0 aliphatic carbocycles. The molecule has 2 rings (SSSR count). The van der Waals surface area contributed by atoms with Gasteiger partial charge in [0.05, 0.1) is 16.3 Å². The highest BCUT2D eigenvalue weighted by atomic mass is 35.5. The Morgan fingerprint density at radius 3 is 2.71 bits per heavy atom. The smallest absolute Gasteiger partial charge is 0.259 e. The van der Waals surface area contributed by atoms with Crippen molar-refractivity contribution >= 4 is 34.8 Å². The van der Waals surface area contributed by atoms with Gasteiger partial charge in [-0.3, -0.25) is 4.79 Å². The van der Waals surface area contributed by atoms with Crippen molar-refractivity contribution in [3.05, 3.63) is 51.8 Å². The number of carbonyl (C=O) groups excluding carboxylic acids is 1. The van der Waals surface area contributed by atoms with Crippen molar-refractivity contribution in [2.75, 3.05) is 11.4 Å². The zero-order valence-corrected chi connectivity index (χ0v) is 13.1. The molecule has 4 nitrogen and oxygen atoms in total. The molecular formula is C15H14Cl2N2O2. The maximum absolute atomic E-state index is 12.7. The molecule has 0 aliphatic heterocycles. The summed E-state index contributed by atoms with van der Waals surface area (Å²) < 4.78 is 0. The minimum atomic E-state index is -0.291. The van der Waals surface area contributed by atoms with E-state index in [4.69, 9.17) is 23.2 Å². The standard InChI is InChI=1S/C15H14Cl2N2O2/c1-3-19(13-6-10(20)5-4-9(13)2)15(21)11-7-14(17)18-8-12(11)16/h4-8,20H,3H2,1-2H3. The van der Waals surface area contributed by atoms with Crippen LogP contribution in [0.15, 0.2) is 30.5 Å². The lowest BCUT2D eigenvalue weighted by Gasteiger charge is -2.23. The van der Waals surface area contributed by atoms with E-state index in [2.05, 4.69) is 4.98 Å². The molecule has 0 spiro atoms. The molecule has 6 heteroatoms. The number of pyridine rings is 1. The fourth-order valence-electron chi connectivity index (χ4n) is 2.03. The highest BCUT2D eigenvalue weighted by Gasteiger charge is 2.21. The van der Waals surface area contributed by atoms with Crippen LogP contribution in [0.25, 0.3) is 0 Å². The molecule has 110 valence electrons. The monoisotopic (exact) mass is 324 g/mol. The van der Waals surface area contributed by atoms with Gasteiger partial charge in [-0.1, -0.05) is 29.3 Å². The Kier molecular flexibility index (Phi) is 4.70. The van der Waals surface area contributed by atoms with Crippen molar-refractivity contribution in [2.45, 2.75) is 13.8 Å². The van der Waals surface area contributed by atoms with Crippen LogP contribution < -0.4 is 4.90 Å². The summed E-state index contributed by atoms with van der Waals surface area (Å²) in [5.74, 6) is -0.193. The Labute approximate surface area is 132 Å². The summed E-state index contributed by atoms with van der Waals surface area (Å²) >= 11 is 11.9. The number of carbonyl (C=O) groups is 1. The van der Waals surface area contributed by atoms with E-state index in [1.165, 1.54) is 17.2 Å². The Bertz CT molecular complexity index is 689. The van der Waals surface area contributed by atoms with E-state index in [0.717, 1.165) is 5.56 Å². The van der Waals surface area contributed by atoms with Gasteiger partial charge in [0.1, 0.15) is 10.9 Å². The first kappa shape index (κ1) is 15.6. The molecule has 0 saturated carbocycles. The van der Waals surface area contributed by atoms with Crippen molar-refractivity contribution in [3.8, 4) is 5.75 Å². The first-order valence-corrected chi connectivity index (χ1v) is 7.12. The number of anilines is 1. The number of benzene rings is 1. The van der Waals surface area contributed by atoms with Crippen LogP contribution >= 0.6 is 23.2 Å². The van der Waals surface area contributed by atoms with Gasteiger partial charge in [-0.15, -0.1) is 0 Å². The van der Waals surface area contributed by atoms with Crippen LogP contribution in [0, 0.1) is 6.92 Å². The van der Waals surface area contributed by atoms with Gasteiger partial charge >= 0.3 is 0 Å². The summed E-state index contributed by atoms with van der Waals surface area (Å²) in [6, 6.07) is 6.32. The maximum Gasteiger partial charge on any atom is 0.259 e. The molecule has 0 fully saturated rings. The number of aromatic hydroxyl groups is 1. The molecule has 1 amide bonds. The Morgan fingerprint density at radius 2 is 2.05 bits per heavy atom. The lowest BCUT2D eigenvalue weighted by molar-refractivity contribution is 0.0988. The summed E-state index contributed by atoms with van der Waals surface area (Å²) in [6.07, 6.45) is 1.35. The fraction of sp³-hybridized carbons (Fsp3) is 0.200. The molecule has 0 atom stereocenters. The van der Waals surface area contributed by atoms with E-state index in [9.17, 15) is 9.90 Å². The number of rotatable bonds is 3. The third-order valence-electron chi connectivity index (χ3n) is 3.10. The van der Waals surface area contributed by atoms with E-state index >= 15 is 0 Å². The number of amides is 1. The predicted molar refractivity (Wildman–Crippen MR) is 84.5 cm³/mol. The third-order valence-corrected chi connectivity index (χ3v) is 3.61. The summed E-state index contributed by atoms with van der Waals surface area (Å²) in [5, 5.41) is 10.1.